The highest BCUT2D eigenvalue weighted by Gasteiger charge is 2.33. The number of aromatic nitrogens is 2. The maximum absolute atomic E-state index is 12.3. The molecule has 0 N–H and O–H groups in total. The Balaban J connectivity index is 1.13. The van der Waals surface area contributed by atoms with E-state index in [1.54, 1.807) is 22.7 Å². The summed E-state index contributed by atoms with van der Waals surface area (Å²) in [5.74, 6) is 0. The minimum absolute atomic E-state index is 0.394. The maximum atomic E-state index is 12.3. The fourth-order valence-corrected chi connectivity index (χ4v) is 14.8. The van der Waals surface area contributed by atoms with Crippen LogP contribution in [-0.4, -0.2) is 9.13 Å². The zero-order valence-corrected chi connectivity index (χ0v) is 41.4. The second kappa shape index (κ2) is 15.9. The third-order valence-corrected chi connectivity index (χ3v) is 17.8. The van der Waals surface area contributed by atoms with Crippen molar-refractivity contribution >= 4 is 134 Å². The van der Waals surface area contributed by atoms with E-state index < -0.39 is 0 Å². The molecular weight excluding hydrogens is 953 g/mol. The molecule has 16 rings (SSSR count). The Bertz CT molecular complexity index is 4990. The molecule has 0 aliphatic rings. The second-order valence-corrected chi connectivity index (χ2v) is 21.3. The number of fused-ring (bicyclic) bond motifs is 18. The zero-order chi connectivity index (χ0) is 49.5. The van der Waals surface area contributed by atoms with Crippen molar-refractivity contribution in [2.24, 2.45) is 0 Å². The van der Waals surface area contributed by atoms with Crippen molar-refractivity contribution in [3.05, 3.63) is 235 Å². The Morgan fingerprint density at radius 1 is 0.413 bits per heavy atom. The van der Waals surface area contributed by atoms with Gasteiger partial charge in [-0.1, -0.05) is 188 Å². The number of nitriles is 1. The highest BCUT2D eigenvalue weighted by Crippen LogP contribution is 2.55. The average molecular weight is 989 g/mol. The van der Waals surface area contributed by atoms with Crippen molar-refractivity contribution in [1.82, 2.24) is 9.13 Å². The lowest BCUT2D eigenvalue weighted by Crippen LogP contribution is -2.08. The van der Waals surface area contributed by atoms with Crippen molar-refractivity contribution in [2.75, 3.05) is 0 Å². The first kappa shape index (κ1) is 41.8. The van der Waals surface area contributed by atoms with Gasteiger partial charge in [-0.2, -0.15) is 5.26 Å². The molecule has 346 valence electrons. The van der Waals surface area contributed by atoms with Crippen molar-refractivity contribution in [2.45, 2.75) is 0 Å². The molecule has 0 radical (unpaired) electrons. The smallest absolute Gasteiger partial charge is 0.221 e. The summed E-state index contributed by atoms with van der Waals surface area (Å²) in [6.45, 7) is 9.63. The number of nitrogens with zero attached hydrogens (tertiary/aromatic N) is 4. The SMILES string of the molecule is [C-]#[N+]c1c(-c2ccccc2)c(-n2c3ccccc3c3c4oc5c(-c6ccccc6)cccc5c4ccc32)c(-c2ccccc2)c(C#N)c1-n1c2c(ccc3c4ccccc4sc32)c2ccc3c4ccccc4sc3c21. The molecule has 0 aliphatic heterocycles. The van der Waals surface area contributed by atoms with Gasteiger partial charge in [-0.25, -0.2) is 4.85 Å². The summed E-state index contributed by atoms with van der Waals surface area (Å²) in [6, 6.07) is 79.4. The van der Waals surface area contributed by atoms with Crippen LogP contribution in [-0.2, 0) is 0 Å². The van der Waals surface area contributed by atoms with Gasteiger partial charge in [-0.15, -0.1) is 22.7 Å². The van der Waals surface area contributed by atoms with Crippen LogP contribution < -0.4 is 0 Å². The molecule has 5 heterocycles. The lowest BCUT2D eigenvalue weighted by atomic mass is 9.88. The van der Waals surface area contributed by atoms with Crippen LogP contribution in [0, 0.1) is 17.9 Å². The molecule has 16 aromatic rings. The van der Waals surface area contributed by atoms with Crippen LogP contribution in [0.2, 0.25) is 0 Å². The second-order valence-electron chi connectivity index (χ2n) is 19.2. The fourth-order valence-electron chi connectivity index (χ4n) is 12.3. The number of thiophene rings is 2. The van der Waals surface area contributed by atoms with E-state index in [1.165, 1.54) is 20.2 Å². The molecule has 11 aromatic carbocycles. The molecule has 0 spiro atoms. The molecule has 0 fully saturated rings. The third kappa shape index (κ3) is 5.74. The topological polar surface area (TPSA) is 51.1 Å². The summed E-state index contributed by atoms with van der Waals surface area (Å²) < 4.78 is 16.4. The van der Waals surface area contributed by atoms with Crippen LogP contribution in [0.25, 0.3) is 155 Å². The van der Waals surface area contributed by atoms with Crippen LogP contribution in [0.1, 0.15) is 5.56 Å². The van der Waals surface area contributed by atoms with Crippen molar-refractivity contribution in [3.8, 4) is 50.8 Å². The molecule has 0 bridgehead atoms. The van der Waals surface area contributed by atoms with Gasteiger partial charge in [0.2, 0.25) is 5.69 Å². The molecule has 0 amide bonds. The van der Waals surface area contributed by atoms with Crippen LogP contribution in [0.3, 0.4) is 0 Å². The quantitative estimate of drug-likeness (QED) is 0.161. The summed E-state index contributed by atoms with van der Waals surface area (Å²) in [5, 5.41) is 23.2. The molecule has 0 unspecified atom stereocenters. The first-order valence-corrected chi connectivity index (χ1v) is 26.6. The molecule has 0 atom stereocenters. The lowest BCUT2D eigenvalue weighted by Gasteiger charge is -2.25. The zero-order valence-electron chi connectivity index (χ0n) is 39.8. The third-order valence-electron chi connectivity index (χ3n) is 15.4. The van der Waals surface area contributed by atoms with Gasteiger partial charge in [0.05, 0.1) is 60.4 Å². The minimum atomic E-state index is 0.394. The Morgan fingerprint density at radius 2 is 0.920 bits per heavy atom. The van der Waals surface area contributed by atoms with Crippen molar-refractivity contribution < 1.29 is 4.42 Å². The number of furan rings is 1. The molecule has 75 heavy (non-hydrogen) atoms. The monoisotopic (exact) mass is 988 g/mol. The van der Waals surface area contributed by atoms with E-state index in [-0.39, 0.29) is 0 Å². The Hall–Kier alpha value is -9.76. The fraction of sp³-hybridized carbons (Fsp3) is 0. The van der Waals surface area contributed by atoms with Gasteiger partial charge in [-0.3, -0.25) is 0 Å². The van der Waals surface area contributed by atoms with E-state index in [9.17, 15) is 11.8 Å². The van der Waals surface area contributed by atoms with E-state index >= 15 is 0 Å². The Kier molecular flexibility index (Phi) is 8.85. The van der Waals surface area contributed by atoms with Gasteiger partial charge >= 0.3 is 0 Å². The normalized spacial score (nSPS) is 12.0. The highest BCUT2D eigenvalue weighted by atomic mass is 32.1. The van der Waals surface area contributed by atoms with Crippen LogP contribution in [0.5, 0.6) is 0 Å². The van der Waals surface area contributed by atoms with Gasteiger partial charge in [0.15, 0.2) is 0 Å². The van der Waals surface area contributed by atoms with Gasteiger partial charge in [-0.05, 0) is 47.0 Å². The Labute approximate surface area is 436 Å². The summed E-state index contributed by atoms with van der Waals surface area (Å²) in [4.78, 5) is 4.71. The highest BCUT2D eigenvalue weighted by molar-refractivity contribution is 7.27. The summed E-state index contributed by atoms with van der Waals surface area (Å²) in [6.07, 6.45) is 0. The Morgan fingerprint density at radius 3 is 1.53 bits per heavy atom. The predicted molar refractivity (Wildman–Crippen MR) is 315 cm³/mol. The van der Waals surface area contributed by atoms with E-state index in [2.05, 4.69) is 191 Å². The molecule has 7 heteroatoms. The number of rotatable bonds is 5. The molecular formula is C68H36N4OS2. The molecule has 0 aliphatic carbocycles. The molecule has 0 saturated carbocycles. The predicted octanol–water partition coefficient (Wildman–Crippen LogP) is 19.9. The largest absolute Gasteiger partial charge is 0.455 e. The summed E-state index contributed by atoms with van der Waals surface area (Å²) in [5.41, 5.74) is 12.9. The summed E-state index contributed by atoms with van der Waals surface area (Å²) >= 11 is 3.54. The molecule has 5 nitrogen and oxygen atoms in total. The van der Waals surface area contributed by atoms with Crippen LogP contribution in [0.4, 0.5) is 5.69 Å². The van der Waals surface area contributed by atoms with Gasteiger partial charge in [0, 0.05) is 74.6 Å². The van der Waals surface area contributed by atoms with Gasteiger partial charge < -0.3 is 13.6 Å². The van der Waals surface area contributed by atoms with E-state index in [0.717, 1.165) is 125 Å². The standard InChI is InChI=1S/C68H36N4OS2/c1-70-60-58(41-22-9-4-10-23-41)64(71-53-29-14-11-26-51(53)59-54(71)37-36-48-47-28-17-27-42(65(47)73-66(48)59)39-18-5-2-6-19-39)57(40-20-7-3-8-21-40)52(38-69)61(60)72-62-45(32-34-49-43-24-12-15-30-55(43)74-67(49)62)46-33-35-50-44-25-13-16-31-56(44)75-68(50)63(46)72/h2-37H. The first-order chi connectivity index (χ1) is 37.2. The number of benzene rings is 11. The molecule has 0 saturated heterocycles. The summed E-state index contributed by atoms with van der Waals surface area (Å²) in [7, 11) is 0. The van der Waals surface area contributed by atoms with Crippen LogP contribution >= 0.6 is 22.7 Å². The van der Waals surface area contributed by atoms with Crippen molar-refractivity contribution in [3.63, 3.8) is 0 Å². The minimum Gasteiger partial charge on any atom is -0.455 e. The van der Waals surface area contributed by atoms with E-state index in [1.807, 2.05) is 42.5 Å². The molecule has 5 aromatic heterocycles. The van der Waals surface area contributed by atoms with Gasteiger partial charge in [0.1, 0.15) is 17.2 Å². The lowest BCUT2D eigenvalue weighted by molar-refractivity contribution is 0.674. The average Bonchev–Trinajstić information content (AvgIpc) is 4.44. The number of hydrogen-bond donors (Lipinski definition) is 0. The maximum Gasteiger partial charge on any atom is 0.221 e. The van der Waals surface area contributed by atoms with E-state index in [4.69, 9.17) is 9.26 Å². The number of hydrogen-bond acceptors (Lipinski definition) is 4. The first-order valence-electron chi connectivity index (χ1n) is 24.9. The van der Waals surface area contributed by atoms with Crippen molar-refractivity contribution in [1.29, 1.82) is 5.26 Å². The van der Waals surface area contributed by atoms with Gasteiger partial charge in [0.25, 0.3) is 0 Å². The number of para-hydroxylation sites is 2. The van der Waals surface area contributed by atoms with E-state index in [0.29, 0.717) is 16.9 Å². The van der Waals surface area contributed by atoms with Crippen LogP contribution in [0.15, 0.2) is 223 Å².